The molecule has 2 heterocycles. The van der Waals surface area contributed by atoms with Gasteiger partial charge in [0.15, 0.2) is 4.47 Å². The normalized spacial score (nSPS) is 23.8. The maximum Gasteiger partial charge on any atom is 0.183 e. The van der Waals surface area contributed by atoms with Gasteiger partial charge in [-0.2, -0.15) is 0 Å². The highest BCUT2D eigenvalue weighted by Gasteiger charge is 2.31. The molecule has 1 saturated heterocycles. The number of nitrogens with zero attached hydrogens (tertiary/aromatic N) is 3. The second kappa shape index (κ2) is 4.61. The Hall–Kier alpha value is -0.160. The Morgan fingerprint density at radius 2 is 2.06 bits per heavy atom. The molecule has 16 heavy (non-hydrogen) atoms. The molecule has 1 aromatic heterocycles. The fourth-order valence-corrected chi connectivity index (χ4v) is 3.32. The smallest absolute Gasteiger partial charge is 0.183 e. The number of hydrogen-bond acceptors (Lipinski definition) is 4. The molecule has 0 aromatic carbocycles. The standard InChI is InChI=1S/C11H16ClN3S/c12-11-13-7-10(16-11)8-14-3-5-15(6-4-14)9-1-2-9/h7,9H,1-6,8H2. The SMILES string of the molecule is Clc1ncc(CN2CCN(C3CC3)CC2)s1. The molecule has 0 unspecified atom stereocenters. The molecule has 88 valence electrons. The van der Waals surface area contributed by atoms with E-state index in [1.807, 2.05) is 6.20 Å². The maximum absolute atomic E-state index is 5.83. The van der Waals surface area contributed by atoms with Gasteiger partial charge in [-0.3, -0.25) is 9.80 Å². The molecule has 0 amide bonds. The number of halogens is 1. The van der Waals surface area contributed by atoms with Crippen LogP contribution in [0.1, 0.15) is 17.7 Å². The Morgan fingerprint density at radius 1 is 1.31 bits per heavy atom. The van der Waals surface area contributed by atoms with Crippen LogP contribution in [0.15, 0.2) is 6.20 Å². The minimum absolute atomic E-state index is 0.659. The predicted molar refractivity (Wildman–Crippen MR) is 67.0 cm³/mol. The average Bonchev–Trinajstić information content (AvgIpc) is 3.05. The molecular formula is C11H16ClN3S. The molecule has 0 spiro atoms. The number of piperazine rings is 1. The topological polar surface area (TPSA) is 19.4 Å². The summed E-state index contributed by atoms with van der Waals surface area (Å²) in [4.78, 5) is 10.5. The predicted octanol–water partition coefficient (Wildman–Crippen LogP) is 2.08. The van der Waals surface area contributed by atoms with Gasteiger partial charge in [0.25, 0.3) is 0 Å². The van der Waals surface area contributed by atoms with Crippen LogP contribution in [0.2, 0.25) is 4.47 Å². The van der Waals surface area contributed by atoms with E-state index in [-0.39, 0.29) is 0 Å². The van der Waals surface area contributed by atoms with E-state index < -0.39 is 0 Å². The van der Waals surface area contributed by atoms with Gasteiger partial charge in [-0.25, -0.2) is 4.98 Å². The van der Waals surface area contributed by atoms with E-state index in [4.69, 9.17) is 11.6 Å². The van der Waals surface area contributed by atoms with E-state index in [9.17, 15) is 0 Å². The molecule has 3 nitrogen and oxygen atoms in total. The summed E-state index contributed by atoms with van der Waals surface area (Å²) in [5.74, 6) is 0. The van der Waals surface area contributed by atoms with E-state index in [2.05, 4.69) is 14.8 Å². The fraction of sp³-hybridized carbons (Fsp3) is 0.727. The van der Waals surface area contributed by atoms with Gasteiger partial charge in [-0.05, 0) is 12.8 Å². The van der Waals surface area contributed by atoms with Crippen molar-refractivity contribution in [2.75, 3.05) is 26.2 Å². The first-order valence-corrected chi connectivity index (χ1v) is 7.07. The Bertz CT molecular complexity index is 356. The lowest BCUT2D eigenvalue weighted by Gasteiger charge is -2.34. The van der Waals surface area contributed by atoms with Crippen LogP contribution in [-0.2, 0) is 6.54 Å². The lowest BCUT2D eigenvalue weighted by molar-refractivity contribution is 0.122. The van der Waals surface area contributed by atoms with Crippen molar-refractivity contribution < 1.29 is 0 Å². The van der Waals surface area contributed by atoms with E-state index in [0.717, 1.165) is 12.6 Å². The fourth-order valence-electron chi connectivity index (χ4n) is 2.30. The molecule has 0 bridgehead atoms. The zero-order chi connectivity index (χ0) is 11.0. The van der Waals surface area contributed by atoms with Crippen LogP contribution in [0.5, 0.6) is 0 Å². The van der Waals surface area contributed by atoms with E-state index in [1.165, 1.54) is 43.9 Å². The summed E-state index contributed by atoms with van der Waals surface area (Å²) in [6.07, 6.45) is 4.75. The van der Waals surface area contributed by atoms with Crippen LogP contribution in [-0.4, -0.2) is 47.0 Å². The monoisotopic (exact) mass is 257 g/mol. The molecule has 2 aliphatic rings. The second-order valence-corrected chi connectivity index (χ2v) is 6.32. The third kappa shape index (κ3) is 2.56. The zero-order valence-electron chi connectivity index (χ0n) is 9.23. The first kappa shape index (κ1) is 11.0. The van der Waals surface area contributed by atoms with Crippen molar-refractivity contribution in [3.8, 4) is 0 Å². The van der Waals surface area contributed by atoms with Crippen molar-refractivity contribution in [3.63, 3.8) is 0 Å². The molecule has 1 aliphatic heterocycles. The van der Waals surface area contributed by atoms with Crippen LogP contribution in [0.25, 0.3) is 0 Å². The van der Waals surface area contributed by atoms with Crippen LogP contribution in [0.3, 0.4) is 0 Å². The van der Waals surface area contributed by atoms with Crippen molar-refractivity contribution in [2.45, 2.75) is 25.4 Å². The maximum atomic E-state index is 5.83. The third-order valence-electron chi connectivity index (χ3n) is 3.37. The first-order valence-electron chi connectivity index (χ1n) is 5.88. The molecule has 1 aromatic rings. The summed E-state index contributed by atoms with van der Waals surface area (Å²) in [6, 6.07) is 0.917. The van der Waals surface area contributed by atoms with E-state index in [0.29, 0.717) is 4.47 Å². The lowest BCUT2D eigenvalue weighted by atomic mass is 10.3. The summed E-state index contributed by atoms with van der Waals surface area (Å²) in [5.41, 5.74) is 0. The highest BCUT2D eigenvalue weighted by atomic mass is 35.5. The van der Waals surface area contributed by atoms with Crippen LogP contribution in [0, 0.1) is 0 Å². The highest BCUT2D eigenvalue weighted by molar-refractivity contribution is 7.15. The van der Waals surface area contributed by atoms with Gasteiger partial charge in [0.05, 0.1) is 0 Å². The van der Waals surface area contributed by atoms with Gasteiger partial charge in [-0.1, -0.05) is 11.6 Å². The van der Waals surface area contributed by atoms with Gasteiger partial charge >= 0.3 is 0 Å². The Kier molecular flexibility index (Phi) is 3.16. The average molecular weight is 258 g/mol. The van der Waals surface area contributed by atoms with Gasteiger partial charge in [-0.15, -0.1) is 11.3 Å². The molecule has 0 atom stereocenters. The third-order valence-corrected chi connectivity index (χ3v) is 4.47. The lowest BCUT2D eigenvalue weighted by Crippen LogP contribution is -2.46. The van der Waals surface area contributed by atoms with Crippen LogP contribution < -0.4 is 0 Å². The highest BCUT2D eigenvalue weighted by Crippen LogP contribution is 2.28. The van der Waals surface area contributed by atoms with Crippen molar-refractivity contribution in [2.24, 2.45) is 0 Å². The van der Waals surface area contributed by atoms with Gasteiger partial charge in [0.2, 0.25) is 0 Å². The minimum atomic E-state index is 0.659. The summed E-state index contributed by atoms with van der Waals surface area (Å²) >= 11 is 7.43. The number of rotatable bonds is 3. The quantitative estimate of drug-likeness (QED) is 0.827. The zero-order valence-corrected chi connectivity index (χ0v) is 10.8. The number of thiazole rings is 1. The molecule has 5 heteroatoms. The second-order valence-electron chi connectivity index (χ2n) is 4.62. The Labute approximate surface area is 105 Å². The van der Waals surface area contributed by atoms with Gasteiger partial charge in [0, 0.05) is 49.8 Å². The molecule has 2 fully saturated rings. The Balaban J connectivity index is 1.50. The van der Waals surface area contributed by atoms with Crippen molar-refractivity contribution >= 4 is 22.9 Å². The van der Waals surface area contributed by atoms with E-state index in [1.54, 1.807) is 11.3 Å². The minimum Gasteiger partial charge on any atom is -0.298 e. The van der Waals surface area contributed by atoms with E-state index >= 15 is 0 Å². The summed E-state index contributed by atoms with van der Waals surface area (Å²) < 4.78 is 0.659. The van der Waals surface area contributed by atoms with Crippen molar-refractivity contribution in [3.05, 3.63) is 15.5 Å². The largest absolute Gasteiger partial charge is 0.298 e. The molecule has 3 rings (SSSR count). The molecule has 0 radical (unpaired) electrons. The summed E-state index contributed by atoms with van der Waals surface area (Å²) in [7, 11) is 0. The summed E-state index contributed by atoms with van der Waals surface area (Å²) in [6.45, 7) is 5.86. The molecule has 1 aliphatic carbocycles. The molecular weight excluding hydrogens is 242 g/mol. The Morgan fingerprint density at radius 3 is 2.62 bits per heavy atom. The summed E-state index contributed by atoms with van der Waals surface area (Å²) in [5, 5.41) is 0. The van der Waals surface area contributed by atoms with Gasteiger partial charge < -0.3 is 0 Å². The van der Waals surface area contributed by atoms with Crippen molar-refractivity contribution in [1.29, 1.82) is 0 Å². The number of hydrogen-bond donors (Lipinski definition) is 0. The first-order chi connectivity index (χ1) is 7.81. The number of aromatic nitrogens is 1. The molecule has 0 N–H and O–H groups in total. The molecule has 1 saturated carbocycles. The van der Waals surface area contributed by atoms with Gasteiger partial charge in [0.1, 0.15) is 0 Å². The van der Waals surface area contributed by atoms with Crippen LogP contribution in [0.4, 0.5) is 0 Å². The van der Waals surface area contributed by atoms with Crippen LogP contribution >= 0.6 is 22.9 Å². The van der Waals surface area contributed by atoms with Crippen molar-refractivity contribution in [1.82, 2.24) is 14.8 Å².